The van der Waals surface area contributed by atoms with Crippen LogP contribution in [0, 0.1) is 5.41 Å². The molecule has 1 rings (SSSR count). The Morgan fingerprint density at radius 2 is 1.63 bits per heavy atom. The molecule has 19 heavy (non-hydrogen) atoms. The topological polar surface area (TPSA) is 36.9 Å². The van der Waals surface area contributed by atoms with Gasteiger partial charge in [-0.3, -0.25) is 0 Å². The van der Waals surface area contributed by atoms with Crippen molar-refractivity contribution in [3.63, 3.8) is 0 Å². The van der Waals surface area contributed by atoms with Crippen LogP contribution in [-0.2, 0) is 18.9 Å². The molecule has 1 saturated carbocycles. The molecule has 3 atom stereocenters. The Kier molecular flexibility index (Phi) is 8.50. The first-order chi connectivity index (χ1) is 9.15. The van der Waals surface area contributed by atoms with Crippen molar-refractivity contribution in [2.45, 2.75) is 37.6 Å². The lowest BCUT2D eigenvalue weighted by molar-refractivity contribution is -0.110. The molecule has 114 valence electrons. The molecule has 1 aliphatic rings. The summed E-state index contributed by atoms with van der Waals surface area (Å²) in [5.41, 5.74) is 0.281. The zero-order chi connectivity index (χ0) is 14.1. The third-order valence-electron chi connectivity index (χ3n) is 3.98. The van der Waals surface area contributed by atoms with E-state index >= 15 is 0 Å². The van der Waals surface area contributed by atoms with Gasteiger partial charge in [-0.2, -0.15) is 0 Å². The Hall–Kier alpha value is 0.320. The van der Waals surface area contributed by atoms with Gasteiger partial charge in [0.1, 0.15) is 0 Å². The van der Waals surface area contributed by atoms with E-state index < -0.39 is 0 Å². The van der Waals surface area contributed by atoms with Gasteiger partial charge in [0.2, 0.25) is 0 Å². The molecular formula is C14H27BrO4. The Balaban J connectivity index is 1.92. The summed E-state index contributed by atoms with van der Waals surface area (Å²) in [6.07, 6.45) is 2.61. The summed E-state index contributed by atoms with van der Waals surface area (Å²) in [4.78, 5) is 0.588. The Morgan fingerprint density at radius 1 is 1.05 bits per heavy atom. The van der Waals surface area contributed by atoms with Crippen LogP contribution >= 0.6 is 15.9 Å². The van der Waals surface area contributed by atoms with Gasteiger partial charge >= 0.3 is 0 Å². The molecule has 0 N–H and O–H groups in total. The van der Waals surface area contributed by atoms with Crippen LogP contribution in [0.2, 0.25) is 0 Å². The fourth-order valence-electron chi connectivity index (χ4n) is 2.19. The van der Waals surface area contributed by atoms with Crippen molar-refractivity contribution in [1.29, 1.82) is 0 Å². The first-order valence-electron chi connectivity index (χ1n) is 7.05. The largest absolute Gasteiger partial charge is 0.382 e. The molecule has 0 aromatic rings. The third-order valence-corrected chi connectivity index (χ3v) is 5.40. The van der Waals surface area contributed by atoms with Crippen LogP contribution in [0.4, 0.5) is 0 Å². The molecule has 0 amide bonds. The van der Waals surface area contributed by atoms with Crippen LogP contribution < -0.4 is 0 Å². The van der Waals surface area contributed by atoms with Gasteiger partial charge in [0.15, 0.2) is 0 Å². The van der Waals surface area contributed by atoms with Gasteiger partial charge in [-0.25, -0.2) is 0 Å². The lowest BCUT2D eigenvalue weighted by atomic mass is 9.66. The van der Waals surface area contributed by atoms with Crippen molar-refractivity contribution >= 4 is 15.9 Å². The summed E-state index contributed by atoms with van der Waals surface area (Å²) in [5, 5.41) is 0. The monoisotopic (exact) mass is 338 g/mol. The van der Waals surface area contributed by atoms with Crippen molar-refractivity contribution in [1.82, 2.24) is 0 Å². The minimum atomic E-state index is 0.281. The van der Waals surface area contributed by atoms with Gasteiger partial charge in [-0.1, -0.05) is 29.8 Å². The highest BCUT2D eigenvalue weighted by molar-refractivity contribution is 9.09. The molecule has 0 bridgehead atoms. The predicted molar refractivity (Wildman–Crippen MR) is 79.0 cm³/mol. The molecule has 3 unspecified atom stereocenters. The standard InChI is InChI=1S/C14H27BrO4/c1-4-14(2)12(15)11-13(14)19-10-9-18-8-7-17-6-5-16-3/h12-13H,4-11H2,1-3H3. The van der Waals surface area contributed by atoms with E-state index in [0.717, 1.165) is 12.8 Å². The fraction of sp³-hybridized carbons (Fsp3) is 1.00. The van der Waals surface area contributed by atoms with Crippen LogP contribution in [0.25, 0.3) is 0 Å². The SMILES string of the molecule is CCC1(C)C(Br)CC1OCCOCCOCCOC. The number of ether oxygens (including phenoxy) is 4. The van der Waals surface area contributed by atoms with E-state index in [9.17, 15) is 0 Å². The highest BCUT2D eigenvalue weighted by Crippen LogP contribution is 2.49. The lowest BCUT2D eigenvalue weighted by Gasteiger charge is -2.51. The van der Waals surface area contributed by atoms with Crippen molar-refractivity contribution in [2.24, 2.45) is 5.41 Å². The van der Waals surface area contributed by atoms with Crippen LogP contribution in [-0.4, -0.2) is 57.7 Å². The van der Waals surface area contributed by atoms with E-state index in [4.69, 9.17) is 18.9 Å². The van der Waals surface area contributed by atoms with E-state index in [-0.39, 0.29) is 5.41 Å². The number of rotatable bonds is 11. The van der Waals surface area contributed by atoms with Gasteiger partial charge in [-0.15, -0.1) is 0 Å². The number of hydrogen-bond donors (Lipinski definition) is 0. The summed E-state index contributed by atoms with van der Waals surface area (Å²) in [7, 11) is 1.67. The van der Waals surface area contributed by atoms with Gasteiger partial charge in [0.25, 0.3) is 0 Å². The average molecular weight is 339 g/mol. The molecule has 0 saturated heterocycles. The normalized spacial score (nSPS) is 30.3. The highest BCUT2D eigenvalue weighted by Gasteiger charge is 2.49. The zero-order valence-corrected chi connectivity index (χ0v) is 13.9. The van der Waals surface area contributed by atoms with Gasteiger partial charge in [0.05, 0.1) is 45.7 Å². The molecule has 0 aromatic carbocycles. The van der Waals surface area contributed by atoms with Crippen molar-refractivity contribution in [3.8, 4) is 0 Å². The van der Waals surface area contributed by atoms with Crippen LogP contribution in [0.3, 0.4) is 0 Å². The number of alkyl halides is 1. The van der Waals surface area contributed by atoms with Crippen molar-refractivity contribution in [2.75, 3.05) is 46.8 Å². The molecule has 0 aromatic heterocycles. The zero-order valence-electron chi connectivity index (χ0n) is 12.3. The summed E-state index contributed by atoms with van der Waals surface area (Å²) in [6.45, 7) is 8.29. The number of methoxy groups -OCH3 is 1. The van der Waals surface area contributed by atoms with E-state index in [2.05, 4.69) is 29.8 Å². The maximum atomic E-state index is 5.88. The molecule has 4 nitrogen and oxygen atoms in total. The minimum absolute atomic E-state index is 0.281. The maximum Gasteiger partial charge on any atom is 0.0704 e. The second kappa shape index (κ2) is 9.29. The Bertz CT molecular complexity index is 239. The summed E-state index contributed by atoms with van der Waals surface area (Å²) in [6, 6.07) is 0. The van der Waals surface area contributed by atoms with Crippen LogP contribution in [0.5, 0.6) is 0 Å². The second-order valence-corrected chi connectivity index (χ2v) is 6.24. The minimum Gasteiger partial charge on any atom is -0.382 e. The van der Waals surface area contributed by atoms with E-state index in [1.54, 1.807) is 7.11 Å². The van der Waals surface area contributed by atoms with E-state index in [1.807, 2.05) is 0 Å². The van der Waals surface area contributed by atoms with E-state index in [0.29, 0.717) is 50.6 Å². The van der Waals surface area contributed by atoms with Crippen LogP contribution in [0.1, 0.15) is 26.7 Å². The molecule has 1 aliphatic carbocycles. The Labute approximate surface area is 125 Å². The predicted octanol–water partition coefficient (Wildman–Crippen LogP) is 2.63. The molecule has 0 aliphatic heterocycles. The molecule has 0 radical (unpaired) electrons. The molecule has 0 spiro atoms. The van der Waals surface area contributed by atoms with E-state index in [1.165, 1.54) is 0 Å². The first kappa shape index (κ1) is 17.4. The molecule has 5 heteroatoms. The van der Waals surface area contributed by atoms with Crippen molar-refractivity contribution in [3.05, 3.63) is 0 Å². The number of hydrogen-bond acceptors (Lipinski definition) is 4. The highest BCUT2D eigenvalue weighted by atomic mass is 79.9. The molecular weight excluding hydrogens is 312 g/mol. The van der Waals surface area contributed by atoms with Gasteiger partial charge in [-0.05, 0) is 12.8 Å². The summed E-state index contributed by atoms with van der Waals surface area (Å²) in [5.74, 6) is 0. The van der Waals surface area contributed by atoms with Crippen LogP contribution in [0.15, 0.2) is 0 Å². The third kappa shape index (κ3) is 5.31. The fourth-order valence-corrected chi connectivity index (χ4v) is 3.15. The van der Waals surface area contributed by atoms with Gasteiger partial charge in [0, 0.05) is 17.4 Å². The lowest BCUT2D eigenvalue weighted by Crippen LogP contribution is -2.53. The van der Waals surface area contributed by atoms with Crippen molar-refractivity contribution < 1.29 is 18.9 Å². The molecule has 0 heterocycles. The second-order valence-electron chi connectivity index (χ2n) is 5.14. The van der Waals surface area contributed by atoms with Gasteiger partial charge < -0.3 is 18.9 Å². The maximum absolute atomic E-state index is 5.88. The summed E-state index contributed by atoms with van der Waals surface area (Å²) >= 11 is 3.71. The first-order valence-corrected chi connectivity index (χ1v) is 7.96. The number of halogens is 1. The quantitative estimate of drug-likeness (QED) is 0.428. The Morgan fingerprint density at radius 3 is 2.16 bits per heavy atom. The molecule has 1 fully saturated rings. The smallest absolute Gasteiger partial charge is 0.0704 e. The average Bonchev–Trinajstić information content (AvgIpc) is 2.43. The summed E-state index contributed by atoms with van der Waals surface area (Å²) < 4.78 is 21.5.